The van der Waals surface area contributed by atoms with Gasteiger partial charge in [-0.1, -0.05) is 12.1 Å². The van der Waals surface area contributed by atoms with Crippen LogP contribution in [0.15, 0.2) is 36.8 Å². The first-order valence-electron chi connectivity index (χ1n) is 5.63. The van der Waals surface area contributed by atoms with Crippen molar-refractivity contribution in [2.45, 2.75) is 26.0 Å². The van der Waals surface area contributed by atoms with E-state index in [2.05, 4.69) is 4.98 Å². The SMILES string of the molecule is CCn1cncc1C(O)Cc1ccc(F)cc1. The number of aliphatic hydroxyl groups excluding tert-OH is 1. The van der Waals surface area contributed by atoms with Crippen LogP contribution in [0.3, 0.4) is 0 Å². The Kier molecular flexibility index (Phi) is 3.54. The van der Waals surface area contributed by atoms with Crippen LogP contribution in [0.5, 0.6) is 0 Å². The fourth-order valence-electron chi connectivity index (χ4n) is 1.82. The zero-order valence-electron chi connectivity index (χ0n) is 9.68. The third-order valence-corrected chi connectivity index (χ3v) is 2.77. The first-order chi connectivity index (χ1) is 8.20. The molecule has 0 aliphatic rings. The minimum atomic E-state index is -0.608. The van der Waals surface area contributed by atoms with Gasteiger partial charge in [-0.25, -0.2) is 9.37 Å². The molecule has 0 amide bonds. The Morgan fingerprint density at radius 3 is 2.71 bits per heavy atom. The van der Waals surface area contributed by atoms with Crippen molar-refractivity contribution in [1.82, 2.24) is 9.55 Å². The molecular weight excluding hydrogens is 219 g/mol. The maximum atomic E-state index is 12.7. The zero-order valence-corrected chi connectivity index (χ0v) is 9.68. The number of rotatable bonds is 4. The van der Waals surface area contributed by atoms with Gasteiger partial charge in [-0.3, -0.25) is 0 Å². The summed E-state index contributed by atoms with van der Waals surface area (Å²) in [6.45, 7) is 2.77. The fourth-order valence-corrected chi connectivity index (χ4v) is 1.82. The highest BCUT2D eigenvalue weighted by Crippen LogP contribution is 2.18. The zero-order chi connectivity index (χ0) is 12.3. The molecule has 1 N–H and O–H groups in total. The van der Waals surface area contributed by atoms with Crippen LogP contribution in [0.1, 0.15) is 24.3 Å². The molecule has 2 aromatic rings. The standard InChI is InChI=1S/C13H15FN2O/c1-2-16-9-15-8-12(16)13(17)7-10-3-5-11(14)6-4-10/h3-6,8-9,13,17H,2,7H2,1H3. The monoisotopic (exact) mass is 234 g/mol. The minimum Gasteiger partial charge on any atom is -0.386 e. The van der Waals surface area contributed by atoms with Crippen molar-refractivity contribution in [1.29, 1.82) is 0 Å². The number of halogens is 1. The molecule has 0 saturated heterocycles. The molecule has 0 spiro atoms. The second kappa shape index (κ2) is 5.10. The van der Waals surface area contributed by atoms with E-state index in [1.807, 2.05) is 11.5 Å². The highest BCUT2D eigenvalue weighted by molar-refractivity contribution is 5.18. The van der Waals surface area contributed by atoms with Gasteiger partial charge >= 0.3 is 0 Å². The van der Waals surface area contributed by atoms with E-state index in [9.17, 15) is 9.50 Å². The molecule has 2 rings (SSSR count). The molecule has 90 valence electrons. The normalized spacial score (nSPS) is 12.6. The number of imidazole rings is 1. The van der Waals surface area contributed by atoms with E-state index in [1.165, 1.54) is 12.1 Å². The van der Waals surface area contributed by atoms with E-state index in [0.29, 0.717) is 6.42 Å². The Labute approximate surface area is 99.5 Å². The molecule has 17 heavy (non-hydrogen) atoms. The Balaban J connectivity index is 2.11. The molecule has 0 radical (unpaired) electrons. The Hall–Kier alpha value is -1.68. The molecule has 1 aromatic carbocycles. The average molecular weight is 234 g/mol. The summed E-state index contributed by atoms with van der Waals surface area (Å²) >= 11 is 0. The van der Waals surface area contributed by atoms with Gasteiger partial charge in [-0.15, -0.1) is 0 Å². The summed E-state index contributed by atoms with van der Waals surface area (Å²) in [6, 6.07) is 6.18. The van der Waals surface area contributed by atoms with Crippen molar-refractivity contribution in [3.05, 3.63) is 53.9 Å². The Morgan fingerprint density at radius 1 is 1.35 bits per heavy atom. The van der Waals surface area contributed by atoms with E-state index in [4.69, 9.17) is 0 Å². The first-order valence-corrected chi connectivity index (χ1v) is 5.63. The summed E-state index contributed by atoms with van der Waals surface area (Å²) in [5.74, 6) is -0.262. The van der Waals surface area contributed by atoms with Crippen molar-refractivity contribution >= 4 is 0 Å². The Morgan fingerprint density at radius 2 is 2.06 bits per heavy atom. The molecule has 0 aliphatic heterocycles. The average Bonchev–Trinajstić information content (AvgIpc) is 2.80. The largest absolute Gasteiger partial charge is 0.386 e. The summed E-state index contributed by atoms with van der Waals surface area (Å²) in [7, 11) is 0. The summed E-state index contributed by atoms with van der Waals surface area (Å²) in [5, 5.41) is 10.1. The summed E-state index contributed by atoms with van der Waals surface area (Å²) < 4.78 is 14.6. The smallest absolute Gasteiger partial charge is 0.123 e. The van der Waals surface area contributed by atoms with Gasteiger partial charge in [-0.2, -0.15) is 0 Å². The summed E-state index contributed by atoms with van der Waals surface area (Å²) in [6.07, 6.45) is 3.22. The number of benzene rings is 1. The lowest BCUT2D eigenvalue weighted by molar-refractivity contribution is 0.169. The highest BCUT2D eigenvalue weighted by Gasteiger charge is 2.12. The quantitative estimate of drug-likeness (QED) is 0.881. The first kappa shape index (κ1) is 11.8. The molecule has 4 heteroatoms. The van der Waals surface area contributed by atoms with Crippen molar-refractivity contribution in [2.24, 2.45) is 0 Å². The van der Waals surface area contributed by atoms with Gasteiger partial charge in [0.15, 0.2) is 0 Å². The van der Waals surface area contributed by atoms with Gasteiger partial charge in [0.25, 0.3) is 0 Å². The predicted octanol–water partition coefficient (Wildman–Crippen LogP) is 2.32. The van der Waals surface area contributed by atoms with Crippen molar-refractivity contribution in [2.75, 3.05) is 0 Å². The van der Waals surface area contributed by atoms with E-state index in [0.717, 1.165) is 17.8 Å². The molecule has 0 saturated carbocycles. The lowest BCUT2D eigenvalue weighted by Crippen LogP contribution is -2.08. The maximum absolute atomic E-state index is 12.7. The van der Waals surface area contributed by atoms with E-state index < -0.39 is 6.10 Å². The summed E-state index contributed by atoms with van der Waals surface area (Å²) in [4.78, 5) is 4.01. The van der Waals surface area contributed by atoms with E-state index >= 15 is 0 Å². The molecule has 1 heterocycles. The van der Waals surface area contributed by atoms with Crippen LogP contribution in [-0.2, 0) is 13.0 Å². The van der Waals surface area contributed by atoms with Crippen LogP contribution >= 0.6 is 0 Å². The van der Waals surface area contributed by atoms with Gasteiger partial charge in [0.05, 0.1) is 24.3 Å². The number of hydrogen-bond donors (Lipinski definition) is 1. The number of hydrogen-bond acceptors (Lipinski definition) is 2. The third kappa shape index (κ3) is 2.71. The second-order valence-electron chi connectivity index (χ2n) is 3.95. The van der Waals surface area contributed by atoms with Crippen LogP contribution < -0.4 is 0 Å². The van der Waals surface area contributed by atoms with Gasteiger partial charge in [0.2, 0.25) is 0 Å². The van der Waals surface area contributed by atoms with Gasteiger partial charge < -0.3 is 9.67 Å². The van der Waals surface area contributed by atoms with Crippen molar-refractivity contribution in [3.63, 3.8) is 0 Å². The summed E-state index contributed by atoms with van der Waals surface area (Å²) in [5.41, 5.74) is 1.69. The van der Waals surface area contributed by atoms with Crippen LogP contribution in [0.4, 0.5) is 4.39 Å². The molecule has 0 bridgehead atoms. The molecule has 1 atom stereocenters. The van der Waals surface area contributed by atoms with E-state index in [-0.39, 0.29) is 5.82 Å². The van der Waals surface area contributed by atoms with Crippen molar-refractivity contribution < 1.29 is 9.50 Å². The van der Waals surface area contributed by atoms with Crippen molar-refractivity contribution in [3.8, 4) is 0 Å². The van der Waals surface area contributed by atoms with E-state index in [1.54, 1.807) is 24.7 Å². The Bertz CT molecular complexity index is 478. The number of nitrogens with zero attached hydrogens (tertiary/aromatic N) is 2. The van der Waals surface area contributed by atoms with Gasteiger partial charge in [0, 0.05) is 13.0 Å². The van der Waals surface area contributed by atoms with Crippen LogP contribution in [0, 0.1) is 5.82 Å². The molecule has 1 aromatic heterocycles. The number of aliphatic hydroxyl groups is 1. The molecule has 0 aliphatic carbocycles. The predicted molar refractivity (Wildman–Crippen MR) is 63.0 cm³/mol. The van der Waals surface area contributed by atoms with Gasteiger partial charge in [0.1, 0.15) is 5.82 Å². The highest BCUT2D eigenvalue weighted by atomic mass is 19.1. The number of aryl methyl sites for hydroxylation is 1. The minimum absolute atomic E-state index is 0.262. The molecule has 1 unspecified atom stereocenters. The lowest BCUT2D eigenvalue weighted by Gasteiger charge is -2.12. The van der Waals surface area contributed by atoms with Gasteiger partial charge in [-0.05, 0) is 24.6 Å². The molecular formula is C13H15FN2O. The van der Waals surface area contributed by atoms with Crippen LogP contribution in [-0.4, -0.2) is 14.7 Å². The second-order valence-corrected chi connectivity index (χ2v) is 3.95. The third-order valence-electron chi connectivity index (χ3n) is 2.77. The van der Waals surface area contributed by atoms with Crippen LogP contribution in [0.2, 0.25) is 0 Å². The number of aromatic nitrogens is 2. The maximum Gasteiger partial charge on any atom is 0.123 e. The molecule has 3 nitrogen and oxygen atoms in total. The topological polar surface area (TPSA) is 38.0 Å². The lowest BCUT2D eigenvalue weighted by atomic mass is 10.1. The molecule has 0 fully saturated rings. The fraction of sp³-hybridized carbons (Fsp3) is 0.308. The van der Waals surface area contributed by atoms with Crippen LogP contribution in [0.25, 0.3) is 0 Å².